The average Bonchev–Trinajstić information content (AvgIpc) is 3.26. The third-order valence-corrected chi connectivity index (χ3v) is 5.95. The lowest BCUT2D eigenvalue weighted by Crippen LogP contribution is -2.49. The Morgan fingerprint density at radius 2 is 1.81 bits per heavy atom. The molecule has 2 aromatic rings. The molecular weight excluding hydrogens is 352 g/mol. The maximum atomic E-state index is 12.3. The van der Waals surface area contributed by atoms with Crippen LogP contribution < -0.4 is 5.56 Å². The first kappa shape index (κ1) is 17.6. The lowest BCUT2D eigenvalue weighted by molar-refractivity contribution is -0.131. The molecule has 140 valence electrons. The third-order valence-electron chi connectivity index (χ3n) is 5.06. The van der Waals surface area contributed by atoms with Crippen LogP contribution in [0.4, 0.5) is 0 Å². The van der Waals surface area contributed by atoms with E-state index in [9.17, 15) is 9.59 Å². The van der Waals surface area contributed by atoms with Crippen LogP contribution in [0.5, 0.6) is 0 Å². The van der Waals surface area contributed by atoms with E-state index in [1.165, 1.54) is 21.9 Å². The third kappa shape index (κ3) is 3.79. The molecule has 0 aliphatic carbocycles. The maximum Gasteiger partial charge on any atom is 0.275 e. The van der Waals surface area contributed by atoms with E-state index in [0.29, 0.717) is 11.5 Å². The van der Waals surface area contributed by atoms with Crippen molar-refractivity contribution in [3.05, 3.63) is 27.1 Å². The van der Waals surface area contributed by atoms with Crippen molar-refractivity contribution in [1.29, 1.82) is 0 Å². The smallest absolute Gasteiger partial charge is 0.275 e. The van der Waals surface area contributed by atoms with Crippen LogP contribution in [0, 0.1) is 6.92 Å². The molecule has 2 fully saturated rings. The van der Waals surface area contributed by atoms with E-state index in [-0.39, 0.29) is 11.5 Å². The highest BCUT2D eigenvalue weighted by Gasteiger charge is 2.24. The Kier molecular flexibility index (Phi) is 5.01. The number of aromatic nitrogens is 3. The molecule has 2 aliphatic rings. The fraction of sp³-hybridized carbons (Fsp3) is 0.647. The first-order valence-corrected chi connectivity index (χ1v) is 9.99. The number of nitrogens with zero attached hydrogens (tertiary/aromatic N) is 6. The van der Waals surface area contributed by atoms with E-state index >= 15 is 0 Å². The number of fused-ring (bicyclic) bond motifs is 1. The molecule has 2 aromatic heterocycles. The molecule has 8 nitrogen and oxygen atoms in total. The Morgan fingerprint density at radius 1 is 1.12 bits per heavy atom. The zero-order valence-corrected chi connectivity index (χ0v) is 15.9. The molecule has 2 aliphatic heterocycles. The summed E-state index contributed by atoms with van der Waals surface area (Å²) in [6.45, 7) is 8.52. The Labute approximate surface area is 156 Å². The number of likely N-dealkylation sites (tertiary alicyclic amines) is 1. The molecule has 0 spiro atoms. The van der Waals surface area contributed by atoms with Crippen LogP contribution in [0.25, 0.3) is 4.96 Å². The van der Waals surface area contributed by atoms with Crippen molar-refractivity contribution in [3.63, 3.8) is 0 Å². The van der Waals surface area contributed by atoms with Crippen LogP contribution in [0.2, 0.25) is 0 Å². The molecular formula is C17H24N6O2S. The van der Waals surface area contributed by atoms with Crippen molar-refractivity contribution in [2.45, 2.75) is 26.3 Å². The van der Waals surface area contributed by atoms with E-state index < -0.39 is 0 Å². The normalized spacial score (nSPS) is 19.5. The van der Waals surface area contributed by atoms with Crippen LogP contribution >= 0.6 is 11.3 Å². The van der Waals surface area contributed by atoms with Crippen molar-refractivity contribution in [2.24, 2.45) is 0 Å². The van der Waals surface area contributed by atoms with E-state index in [4.69, 9.17) is 0 Å². The van der Waals surface area contributed by atoms with Crippen LogP contribution in [0.1, 0.15) is 23.5 Å². The summed E-state index contributed by atoms with van der Waals surface area (Å²) in [7, 11) is 0. The van der Waals surface area contributed by atoms with Gasteiger partial charge in [-0.3, -0.25) is 19.4 Å². The summed E-state index contributed by atoms with van der Waals surface area (Å²) in [5.41, 5.74) is 0.599. The van der Waals surface area contributed by atoms with Gasteiger partial charge in [-0.1, -0.05) is 11.3 Å². The Hall–Kier alpha value is -1.84. The van der Waals surface area contributed by atoms with Crippen molar-refractivity contribution in [1.82, 2.24) is 29.3 Å². The van der Waals surface area contributed by atoms with Gasteiger partial charge in [0.2, 0.25) is 10.9 Å². The Morgan fingerprint density at radius 3 is 2.54 bits per heavy atom. The summed E-state index contributed by atoms with van der Waals surface area (Å²) in [5.74, 6) is 0.267. The molecule has 0 unspecified atom stereocenters. The standard InChI is InChI=1S/C17H24N6O2S/c1-13-10-15(24)23-17(18-13)26-14(19-23)11-20-6-8-21(9-7-20)12-16(25)22-4-2-3-5-22/h10H,2-9,11-12H2,1H3. The van der Waals surface area contributed by atoms with Gasteiger partial charge in [-0.05, 0) is 19.8 Å². The van der Waals surface area contributed by atoms with Crippen molar-refractivity contribution in [2.75, 3.05) is 45.8 Å². The molecule has 0 radical (unpaired) electrons. The predicted octanol–water partition coefficient (Wildman–Crippen LogP) is 0.199. The number of hydrogen-bond acceptors (Lipinski definition) is 7. The molecule has 4 rings (SSSR count). The molecule has 9 heteroatoms. The predicted molar refractivity (Wildman–Crippen MR) is 99.4 cm³/mol. The second kappa shape index (κ2) is 7.42. The first-order chi connectivity index (χ1) is 12.6. The monoisotopic (exact) mass is 376 g/mol. The summed E-state index contributed by atoms with van der Waals surface area (Å²) < 4.78 is 1.39. The Bertz CT molecular complexity index is 849. The van der Waals surface area contributed by atoms with E-state index in [0.717, 1.165) is 69.4 Å². The fourth-order valence-electron chi connectivity index (χ4n) is 3.58. The highest BCUT2D eigenvalue weighted by Crippen LogP contribution is 2.15. The summed E-state index contributed by atoms with van der Waals surface area (Å²) in [4.78, 5) is 35.8. The number of piperazine rings is 1. The molecule has 0 saturated carbocycles. The van der Waals surface area contributed by atoms with Gasteiger partial charge in [0.05, 0.1) is 13.1 Å². The highest BCUT2D eigenvalue weighted by atomic mass is 32.1. The number of rotatable bonds is 4. The molecule has 0 atom stereocenters. The highest BCUT2D eigenvalue weighted by molar-refractivity contribution is 7.16. The van der Waals surface area contributed by atoms with Crippen LogP contribution in [0.3, 0.4) is 0 Å². The van der Waals surface area contributed by atoms with Gasteiger partial charge in [0.1, 0.15) is 5.01 Å². The van der Waals surface area contributed by atoms with E-state index in [1.807, 2.05) is 11.8 Å². The average molecular weight is 376 g/mol. The zero-order valence-electron chi connectivity index (χ0n) is 15.1. The molecule has 0 aromatic carbocycles. The van der Waals surface area contributed by atoms with Gasteiger partial charge in [-0.25, -0.2) is 4.98 Å². The number of amides is 1. The summed E-state index contributed by atoms with van der Waals surface area (Å²) >= 11 is 1.47. The largest absolute Gasteiger partial charge is 0.342 e. The topological polar surface area (TPSA) is 74.1 Å². The number of aryl methyl sites for hydroxylation is 1. The van der Waals surface area contributed by atoms with Gasteiger partial charge in [-0.2, -0.15) is 9.61 Å². The number of carbonyl (C=O) groups is 1. The quantitative estimate of drug-likeness (QED) is 0.759. The molecule has 0 N–H and O–H groups in total. The number of carbonyl (C=O) groups excluding carboxylic acids is 1. The zero-order chi connectivity index (χ0) is 18.1. The molecule has 0 bridgehead atoms. The molecule has 4 heterocycles. The summed E-state index contributed by atoms with van der Waals surface area (Å²) in [5, 5.41) is 5.32. The van der Waals surface area contributed by atoms with Gasteiger partial charge in [-0.15, -0.1) is 0 Å². The SMILES string of the molecule is Cc1cc(=O)n2nc(CN3CCN(CC(=O)N4CCCC4)CC3)sc2n1. The van der Waals surface area contributed by atoms with Crippen LogP contribution in [0.15, 0.2) is 10.9 Å². The molecule has 26 heavy (non-hydrogen) atoms. The second-order valence-electron chi connectivity index (χ2n) is 7.07. The molecule has 1 amide bonds. The van der Waals surface area contributed by atoms with Crippen molar-refractivity contribution >= 4 is 22.2 Å². The van der Waals surface area contributed by atoms with Gasteiger partial charge < -0.3 is 4.90 Å². The minimum atomic E-state index is -0.125. The van der Waals surface area contributed by atoms with Gasteiger partial charge in [0, 0.05) is 51.0 Å². The van der Waals surface area contributed by atoms with Gasteiger partial charge >= 0.3 is 0 Å². The Balaban J connectivity index is 1.32. The van der Waals surface area contributed by atoms with Gasteiger partial charge in [0.25, 0.3) is 5.56 Å². The maximum absolute atomic E-state index is 12.3. The van der Waals surface area contributed by atoms with Gasteiger partial charge in [0.15, 0.2) is 0 Å². The minimum Gasteiger partial charge on any atom is -0.342 e. The number of hydrogen-bond donors (Lipinski definition) is 0. The second-order valence-corrected chi connectivity index (χ2v) is 8.11. The fourth-order valence-corrected chi connectivity index (χ4v) is 4.57. The first-order valence-electron chi connectivity index (χ1n) is 9.17. The van der Waals surface area contributed by atoms with E-state index in [2.05, 4.69) is 19.9 Å². The molecule has 2 saturated heterocycles. The minimum absolute atomic E-state index is 0.125. The lowest BCUT2D eigenvalue weighted by Gasteiger charge is -2.34. The summed E-state index contributed by atoms with van der Waals surface area (Å²) in [6.07, 6.45) is 2.28. The van der Waals surface area contributed by atoms with Crippen LogP contribution in [-0.4, -0.2) is 81.0 Å². The van der Waals surface area contributed by atoms with E-state index in [1.54, 1.807) is 0 Å². The van der Waals surface area contributed by atoms with Crippen molar-refractivity contribution < 1.29 is 4.79 Å². The lowest BCUT2D eigenvalue weighted by atomic mass is 10.3. The van der Waals surface area contributed by atoms with Crippen LogP contribution in [-0.2, 0) is 11.3 Å². The van der Waals surface area contributed by atoms with Crippen molar-refractivity contribution in [3.8, 4) is 0 Å². The summed E-state index contributed by atoms with van der Waals surface area (Å²) in [6, 6.07) is 1.51.